The molecule has 0 atom stereocenters. The van der Waals surface area contributed by atoms with E-state index in [4.69, 9.17) is 5.10 Å². The van der Waals surface area contributed by atoms with E-state index in [2.05, 4.69) is 24.0 Å². The smallest absolute Gasteiger partial charge is 0.262 e. The minimum Gasteiger partial charge on any atom is -0.341 e. The van der Waals surface area contributed by atoms with Crippen LogP contribution < -0.4 is 5.56 Å². The first-order valence-electron chi connectivity index (χ1n) is 12.2. The zero-order valence-electron chi connectivity index (χ0n) is 20.8. The lowest BCUT2D eigenvalue weighted by Crippen LogP contribution is -2.29. The molecule has 0 saturated heterocycles. The maximum atomic E-state index is 13.2. The first kappa shape index (κ1) is 23.5. The lowest BCUT2D eigenvalue weighted by atomic mass is 9.97. The van der Waals surface area contributed by atoms with E-state index in [1.165, 1.54) is 16.9 Å². The number of carbonyl (C=O) groups is 1. The third-order valence-electron chi connectivity index (χ3n) is 7.11. The van der Waals surface area contributed by atoms with E-state index in [1.54, 1.807) is 27.1 Å². The van der Waals surface area contributed by atoms with Gasteiger partial charge >= 0.3 is 0 Å². The van der Waals surface area contributed by atoms with Crippen LogP contribution in [0.5, 0.6) is 0 Å². The molecule has 0 N–H and O–H groups in total. The van der Waals surface area contributed by atoms with Gasteiger partial charge in [-0.3, -0.25) is 14.2 Å². The Labute approximate surface area is 209 Å². The van der Waals surface area contributed by atoms with Gasteiger partial charge in [0.2, 0.25) is 5.91 Å². The van der Waals surface area contributed by atoms with Gasteiger partial charge in [-0.1, -0.05) is 18.2 Å². The fraction of sp³-hybridized carbons (Fsp3) is 0.407. The van der Waals surface area contributed by atoms with E-state index in [0.29, 0.717) is 13.1 Å². The molecule has 4 aromatic rings. The molecule has 0 bridgehead atoms. The van der Waals surface area contributed by atoms with Crippen molar-refractivity contribution in [3.63, 3.8) is 0 Å². The molecule has 7 nitrogen and oxygen atoms in total. The summed E-state index contributed by atoms with van der Waals surface area (Å²) < 4.78 is 3.56. The second-order valence-corrected chi connectivity index (χ2v) is 10.6. The van der Waals surface area contributed by atoms with Crippen molar-refractivity contribution in [1.82, 2.24) is 24.2 Å². The topological polar surface area (TPSA) is 73.0 Å². The molecule has 8 heteroatoms. The molecule has 3 aromatic heterocycles. The Morgan fingerprint density at radius 3 is 2.71 bits per heavy atom. The Morgan fingerprint density at radius 1 is 1.14 bits per heavy atom. The van der Waals surface area contributed by atoms with Gasteiger partial charge in [0, 0.05) is 42.7 Å². The van der Waals surface area contributed by atoms with E-state index in [-0.39, 0.29) is 17.9 Å². The van der Waals surface area contributed by atoms with Crippen molar-refractivity contribution in [2.24, 2.45) is 0 Å². The van der Waals surface area contributed by atoms with Crippen molar-refractivity contribution >= 4 is 27.5 Å². The normalized spacial score (nSPS) is 13.3. The van der Waals surface area contributed by atoms with Crippen LogP contribution in [0.15, 0.2) is 35.4 Å². The quantitative estimate of drug-likeness (QED) is 0.400. The number of carbonyl (C=O) groups excluding carboxylic acids is 1. The fourth-order valence-electron chi connectivity index (χ4n) is 5.01. The Kier molecular flexibility index (Phi) is 6.32. The maximum Gasteiger partial charge on any atom is 0.262 e. The van der Waals surface area contributed by atoms with Gasteiger partial charge in [-0.15, -0.1) is 11.3 Å². The summed E-state index contributed by atoms with van der Waals surface area (Å²) in [5, 5.41) is 5.51. The number of aryl methyl sites for hydroxylation is 5. The van der Waals surface area contributed by atoms with E-state index < -0.39 is 0 Å². The summed E-state index contributed by atoms with van der Waals surface area (Å²) >= 11 is 1.65. The van der Waals surface area contributed by atoms with E-state index in [1.807, 2.05) is 37.7 Å². The molecule has 35 heavy (non-hydrogen) atoms. The Morgan fingerprint density at radius 2 is 1.91 bits per heavy atom. The average molecular weight is 490 g/mol. The molecule has 0 radical (unpaired) electrons. The SMILES string of the molecule is Cc1ccccc1-n1nc(C)c(CN(C)C(=O)CCn2cnc3sc4c(c3c2=O)CCCC4)c1C. The maximum absolute atomic E-state index is 13.2. The van der Waals surface area contributed by atoms with Crippen molar-refractivity contribution < 1.29 is 4.79 Å². The number of benzene rings is 1. The monoisotopic (exact) mass is 489 g/mol. The summed E-state index contributed by atoms with van der Waals surface area (Å²) in [5.41, 5.74) is 6.36. The number of aromatic nitrogens is 4. The molecule has 1 aliphatic carbocycles. The number of para-hydroxylation sites is 1. The molecule has 182 valence electrons. The molecule has 0 unspecified atom stereocenters. The Balaban J connectivity index is 1.30. The van der Waals surface area contributed by atoms with Gasteiger partial charge in [-0.05, 0) is 63.6 Å². The lowest BCUT2D eigenvalue weighted by Gasteiger charge is -2.18. The first-order chi connectivity index (χ1) is 16.8. The van der Waals surface area contributed by atoms with Crippen LogP contribution in [-0.4, -0.2) is 37.2 Å². The first-order valence-corrected chi connectivity index (χ1v) is 13.0. The standard InChI is InChI=1S/C27H31N5O2S/c1-17-9-5-7-11-22(17)32-19(3)21(18(2)29-32)15-30(4)24(33)13-14-31-16-28-26-25(27(31)34)20-10-6-8-12-23(20)35-26/h5,7,9,11,16H,6,8,10,12-15H2,1-4H3. The van der Waals surface area contributed by atoms with Gasteiger partial charge in [0.05, 0.1) is 23.1 Å². The zero-order chi connectivity index (χ0) is 24.7. The largest absolute Gasteiger partial charge is 0.341 e. The molecule has 1 aliphatic rings. The molecule has 0 saturated carbocycles. The summed E-state index contributed by atoms with van der Waals surface area (Å²) in [6, 6.07) is 8.15. The molecule has 0 aliphatic heterocycles. The molecule has 0 fully saturated rings. The van der Waals surface area contributed by atoms with Crippen molar-refractivity contribution in [2.45, 2.75) is 66.0 Å². The lowest BCUT2D eigenvalue weighted by molar-refractivity contribution is -0.130. The van der Waals surface area contributed by atoms with Crippen LogP contribution in [0.2, 0.25) is 0 Å². The molecule has 5 rings (SSSR count). The van der Waals surface area contributed by atoms with Gasteiger partial charge in [0.15, 0.2) is 0 Å². The van der Waals surface area contributed by atoms with Gasteiger partial charge in [0.1, 0.15) is 4.83 Å². The molecule has 0 spiro atoms. The van der Waals surface area contributed by atoms with Crippen molar-refractivity contribution in [3.05, 3.63) is 73.9 Å². The van der Waals surface area contributed by atoms with Gasteiger partial charge in [-0.2, -0.15) is 5.10 Å². The summed E-state index contributed by atoms with van der Waals surface area (Å²) in [4.78, 5) is 34.6. The van der Waals surface area contributed by atoms with Crippen molar-refractivity contribution in [3.8, 4) is 5.69 Å². The average Bonchev–Trinajstić information content (AvgIpc) is 3.36. The van der Waals surface area contributed by atoms with Crippen LogP contribution in [-0.2, 0) is 30.7 Å². The van der Waals surface area contributed by atoms with Crippen LogP contribution in [0.25, 0.3) is 15.9 Å². The van der Waals surface area contributed by atoms with E-state index in [9.17, 15) is 9.59 Å². The highest BCUT2D eigenvalue weighted by molar-refractivity contribution is 7.18. The summed E-state index contributed by atoms with van der Waals surface area (Å²) in [6.45, 7) is 6.91. The van der Waals surface area contributed by atoms with Gasteiger partial charge in [0.25, 0.3) is 5.56 Å². The third kappa shape index (κ3) is 4.31. The van der Waals surface area contributed by atoms with Crippen LogP contribution in [0.4, 0.5) is 0 Å². The van der Waals surface area contributed by atoms with Gasteiger partial charge in [-0.25, -0.2) is 9.67 Å². The number of hydrogen-bond donors (Lipinski definition) is 0. The number of hydrogen-bond acceptors (Lipinski definition) is 5. The highest BCUT2D eigenvalue weighted by Crippen LogP contribution is 2.33. The van der Waals surface area contributed by atoms with Gasteiger partial charge < -0.3 is 4.90 Å². The number of fused-ring (bicyclic) bond motifs is 3. The minimum absolute atomic E-state index is 0.00761. The highest BCUT2D eigenvalue weighted by Gasteiger charge is 2.21. The van der Waals surface area contributed by atoms with Crippen LogP contribution >= 0.6 is 11.3 Å². The van der Waals surface area contributed by atoms with Crippen LogP contribution in [0.1, 0.15) is 52.2 Å². The third-order valence-corrected chi connectivity index (χ3v) is 8.31. The van der Waals surface area contributed by atoms with E-state index >= 15 is 0 Å². The Bertz CT molecular complexity index is 1480. The second kappa shape index (κ2) is 9.41. The summed E-state index contributed by atoms with van der Waals surface area (Å²) in [5.74, 6) is -0.00761. The second-order valence-electron chi connectivity index (χ2n) is 9.48. The minimum atomic E-state index is -0.0175. The number of nitrogens with zero attached hydrogens (tertiary/aromatic N) is 5. The highest BCUT2D eigenvalue weighted by atomic mass is 32.1. The Hall–Kier alpha value is -3.26. The molecule has 1 aromatic carbocycles. The molecule has 1 amide bonds. The molecular formula is C27H31N5O2S. The summed E-state index contributed by atoms with van der Waals surface area (Å²) in [7, 11) is 1.81. The fourth-order valence-corrected chi connectivity index (χ4v) is 6.23. The number of thiophene rings is 1. The number of amides is 1. The van der Waals surface area contributed by atoms with E-state index in [0.717, 1.165) is 57.7 Å². The van der Waals surface area contributed by atoms with Crippen molar-refractivity contribution in [2.75, 3.05) is 7.05 Å². The predicted molar refractivity (Wildman–Crippen MR) is 139 cm³/mol. The predicted octanol–water partition coefficient (Wildman–Crippen LogP) is 4.50. The number of rotatable bonds is 6. The molecular weight excluding hydrogens is 458 g/mol. The van der Waals surface area contributed by atoms with Crippen molar-refractivity contribution in [1.29, 1.82) is 0 Å². The molecule has 3 heterocycles. The van der Waals surface area contributed by atoms with Crippen LogP contribution in [0, 0.1) is 20.8 Å². The van der Waals surface area contributed by atoms with Crippen LogP contribution in [0.3, 0.4) is 0 Å². The zero-order valence-corrected chi connectivity index (χ0v) is 21.6. The summed E-state index contributed by atoms with van der Waals surface area (Å²) in [6.07, 6.45) is 6.14.